The zero-order chi connectivity index (χ0) is 15.0. The lowest BCUT2D eigenvalue weighted by Crippen LogP contribution is -2.11. The quantitative estimate of drug-likeness (QED) is 0.624. The summed E-state index contributed by atoms with van der Waals surface area (Å²) in [6.07, 6.45) is 1.97. The van der Waals surface area contributed by atoms with Crippen LogP contribution in [0, 0.1) is 0 Å². The Bertz CT molecular complexity index is 901. The Morgan fingerprint density at radius 3 is 2.81 bits per heavy atom. The second-order valence-electron chi connectivity index (χ2n) is 4.03. The van der Waals surface area contributed by atoms with Gasteiger partial charge in [0.2, 0.25) is 0 Å². The van der Waals surface area contributed by atoms with E-state index in [1.807, 2.05) is 18.4 Å². The third-order valence-electron chi connectivity index (χ3n) is 2.62. The van der Waals surface area contributed by atoms with E-state index >= 15 is 0 Å². The van der Waals surface area contributed by atoms with Crippen LogP contribution in [-0.4, -0.2) is 19.7 Å². The monoisotopic (exact) mass is 420 g/mol. The summed E-state index contributed by atoms with van der Waals surface area (Å²) in [5.74, 6) is 0. The zero-order valence-electron chi connectivity index (χ0n) is 10.7. The summed E-state index contributed by atoms with van der Waals surface area (Å²) < 4.78 is 30.0. The molecule has 4 nitrogen and oxygen atoms in total. The summed E-state index contributed by atoms with van der Waals surface area (Å²) >= 11 is 7.55. The number of fused-ring (bicyclic) bond motifs is 1. The lowest BCUT2D eigenvalue weighted by atomic mass is 10.3. The molecule has 0 fully saturated rings. The van der Waals surface area contributed by atoms with E-state index in [9.17, 15) is 8.42 Å². The fourth-order valence-corrected chi connectivity index (χ4v) is 6.64. The van der Waals surface area contributed by atoms with Gasteiger partial charge in [0.1, 0.15) is 0 Å². The van der Waals surface area contributed by atoms with Crippen molar-refractivity contribution in [3.05, 3.63) is 34.1 Å². The van der Waals surface area contributed by atoms with Crippen LogP contribution in [0.25, 0.3) is 10.2 Å². The Morgan fingerprint density at radius 1 is 1.33 bits per heavy atom. The predicted octanol–water partition coefficient (Wildman–Crippen LogP) is 4.64. The molecule has 0 aliphatic heterocycles. The van der Waals surface area contributed by atoms with Gasteiger partial charge in [-0.05, 0) is 51.8 Å². The molecule has 2 heterocycles. The number of thioether (sulfide) groups is 1. The third kappa shape index (κ3) is 3.11. The molecule has 0 unspecified atom stereocenters. The molecule has 21 heavy (non-hydrogen) atoms. The second kappa shape index (κ2) is 5.88. The highest BCUT2D eigenvalue weighted by molar-refractivity contribution is 9.10. The first-order valence-electron chi connectivity index (χ1n) is 5.70. The maximum Gasteiger partial charge on any atom is 0.272 e. The fraction of sp³-hybridized carbons (Fsp3) is 0.0833. The van der Waals surface area contributed by atoms with Crippen molar-refractivity contribution in [2.45, 2.75) is 8.55 Å². The summed E-state index contributed by atoms with van der Waals surface area (Å²) in [6.45, 7) is 0. The van der Waals surface area contributed by atoms with Crippen molar-refractivity contribution >= 4 is 76.3 Å². The number of hydrogen-bond acceptors (Lipinski definition) is 6. The number of sulfonamides is 1. The van der Waals surface area contributed by atoms with E-state index in [2.05, 4.69) is 25.6 Å². The van der Waals surface area contributed by atoms with E-state index in [4.69, 9.17) is 0 Å². The highest BCUT2D eigenvalue weighted by atomic mass is 79.9. The molecule has 0 aliphatic carbocycles. The van der Waals surface area contributed by atoms with Gasteiger partial charge in [0.25, 0.3) is 10.0 Å². The number of benzene rings is 1. The van der Waals surface area contributed by atoms with Gasteiger partial charge >= 0.3 is 0 Å². The van der Waals surface area contributed by atoms with Crippen molar-refractivity contribution in [2.75, 3.05) is 11.0 Å². The lowest BCUT2D eigenvalue weighted by molar-refractivity contribution is 0.603. The van der Waals surface area contributed by atoms with Crippen LogP contribution in [0.3, 0.4) is 0 Å². The van der Waals surface area contributed by atoms with Gasteiger partial charge in [-0.15, -0.1) is 22.7 Å². The normalized spacial score (nSPS) is 11.9. The van der Waals surface area contributed by atoms with Crippen LogP contribution < -0.4 is 4.72 Å². The first-order chi connectivity index (χ1) is 9.99. The van der Waals surface area contributed by atoms with E-state index in [1.165, 1.54) is 11.3 Å². The molecule has 0 aliphatic rings. The molecule has 0 atom stereocenters. The number of aromatic nitrogens is 1. The number of nitrogens with one attached hydrogen (secondary N) is 1. The van der Waals surface area contributed by atoms with E-state index in [0.29, 0.717) is 10.2 Å². The molecule has 0 bridgehead atoms. The molecule has 110 valence electrons. The SMILES string of the molecule is CSc1nc2ccc(NS(=O)(=O)c3sccc3Br)cc2s1. The Morgan fingerprint density at radius 2 is 2.14 bits per heavy atom. The minimum atomic E-state index is -3.57. The van der Waals surface area contributed by atoms with Gasteiger partial charge in [0, 0.05) is 4.47 Å². The molecule has 0 amide bonds. The topological polar surface area (TPSA) is 59.1 Å². The molecule has 0 saturated heterocycles. The number of thiophene rings is 1. The molecule has 0 spiro atoms. The molecule has 3 aromatic rings. The molecule has 2 aromatic heterocycles. The number of anilines is 1. The summed E-state index contributed by atoms with van der Waals surface area (Å²) in [5.41, 5.74) is 1.42. The summed E-state index contributed by atoms with van der Waals surface area (Å²) in [6, 6.07) is 7.08. The van der Waals surface area contributed by atoms with E-state index in [-0.39, 0.29) is 4.21 Å². The molecule has 3 rings (SSSR count). The lowest BCUT2D eigenvalue weighted by Gasteiger charge is -2.06. The van der Waals surface area contributed by atoms with Crippen molar-refractivity contribution in [3.63, 3.8) is 0 Å². The third-order valence-corrected chi connectivity index (χ3v) is 8.68. The maximum absolute atomic E-state index is 12.3. The van der Waals surface area contributed by atoms with Crippen LogP contribution in [0.1, 0.15) is 0 Å². The first-order valence-corrected chi connectivity index (χ1v) is 10.9. The van der Waals surface area contributed by atoms with Crippen molar-refractivity contribution < 1.29 is 8.42 Å². The van der Waals surface area contributed by atoms with Crippen molar-refractivity contribution in [3.8, 4) is 0 Å². The Kier molecular flexibility index (Phi) is 4.28. The van der Waals surface area contributed by atoms with Gasteiger partial charge in [0.05, 0.1) is 15.9 Å². The molecule has 0 saturated carbocycles. The highest BCUT2D eigenvalue weighted by Gasteiger charge is 2.19. The van der Waals surface area contributed by atoms with Gasteiger partial charge in [-0.1, -0.05) is 11.8 Å². The van der Waals surface area contributed by atoms with E-state index in [0.717, 1.165) is 14.6 Å². The average Bonchev–Trinajstić information content (AvgIpc) is 3.03. The number of hydrogen-bond donors (Lipinski definition) is 1. The van der Waals surface area contributed by atoms with Gasteiger partial charge < -0.3 is 0 Å². The molecular formula is C12H9BrN2O2S4. The minimum absolute atomic E-state index is 0.275. The van der Waals surface area contributed by atoms with Gasteiger partial charge in [0.15, 0.2) is 8.55 Å². The molecule has 1 aromatic carbocycles. The molecule has 0 radical (unpaired) electrons. The van der Waals surface area contributed by atoms with Crippen LogP contribution in [0.4, 0.5) is 5.69 Å². The van der Waals surface area contributed by atoms with Crippen molar-refractivity contribution in [2.24, 2.45) is 0 Å². The zero-order valence-corrected chi connectivity index (χ0v) is 15.5. The Balaban J connectivity index is 1.96. The summed E-state index contributed by atoms with van der Waals surface area (Å²) in [5, 5.41) is 1.73. The first kappa shape index (κ1) is 15.3. The van der Waals surface area contributed by atoms with Crippen LogP contribution >= 0.6 is 50.4 Å². The average molecular weight is 421 g/mol. The fourth-order valence-electron chi connectivity index (χ4n) is 1.73. The van der Waals surface area contributed by atoms with Crippen molar-refractivity contribution in [1.82, 2.24) is 4.98 Å². The van der Waals surface area contributed by atoms with Crippen LogP contribution in [0.15, 0.2) is 42.7 Å². The maximum atomic E-state index is 12.3. The number of thiazole rings is 1. The van der Waals surface area contributed by atoms with E-state index in [1.54, 1.807) is 40.6 Å². The van der Waals surface area contributed by atoms with Crippen molar-refractivity contribution in [1.29, 1.82) is 0 Å². The Hall–Kier alpha value is -0.610. The van der Waals surface area contributed by atoms with Crippen LogP contribution in [0.2, 0.25) is 0 Å². The molecular weight excluding hydrogens is 412 g/mol. The Labute approximate surface area is 142 Å². The predicted molar refractivity (Wildman–Crippen MR) is 94.2 cm³/mol. The van der Waals surface area contributed by atoms with Gasteiger partial charge in [-0.3, -0.25) is 4.72 Å². The van der Waals surface area contributed by atoms with Crippen LogP contribution in [-0.2, 0) is 10.0 Å². The second-order valence-corrected chi connectivity index (χ2v) is 9.76. The minimum Gasteiger partial charge on any atom is -0.279 e. The van der Waals surface area contributed by atoms with E-state index < -0.39 is 10.0 Å². The largest absolute Gasteiger partial charge is 0.279 e. The standard InChI is InChI=1S/C12H9BrN2O2S4/c1-18-12-14-9-3-2-7(6-10(9)20-12)15-21(16,17)11-8(13)4-5-19-11/h2-6,15H,1H3. The number of rotatable bonds is 4. The number of nitrogens with zero attached hydrogens (tertiary/aromatic N) is 1. The summed E-state index contributed by atoms with van der Waals surface area (Å²) in [7, 11) is -3.57. The summed E-state index contributed by atoms with van der Waals surface area (Å²) in [4.78, 5) is 4.43. The smallest absolute Gasteiger partial charge is 0.272 e. The van der Waals surface area contributed by atoms with Gasteiger partial charge in [-0.2, -0.15) is 0 Å². The molecule has 9 heteroatoms. The highest BCUT2D eigenvalue weighted by Crippen LogP contribution is 2.32. The number of halogens is 1. The molecule has 1 N–H and O–H groups in total. The van der Waals surface area contributed by atoms with Gasteiger partial charge in [-0.25, -0.2) is 13.4 Å². The van der Waals surface area contributed by atoms with Crippen LogP contribution in [0.5, 0.6) is 0 Å².